The van der Waals surface area contributed by atoms with E-state index in [0.29, 0.717) is 24.4 Å². The first-order valence-electron chi connectivity index (χ1n) is 6.50. The van der Waals surface area contributed by atoms with Crippen LogP contribution in [0.15, 0.2) is 10.9 Å². The van der Waals surface area contributed by atoms with Crippen LogP contribution in [0, 0.1) is 5.92 Å². The number of aromatic nitrogens is 2. The first kappa shape index (κ1) is 11.6. The highest BCUT2D eigenvalue weighted by molar-refractivity contribution is 5.74. The normalized spacial score (nSPS) is 32.3. The first-order chi connectivity index (χ1) is 8.75. The Morgan fingerprint density at radius 1 is 1.50 bits per heavy atom. The van der Waals surface area contributed by atoms with Crippen LogP contribution in [0.1, 0.15) is 38.0 Å². The molecule has 1 aromatic heterocycles. The summed E-state index contributed by atoms with van der Waals surface area (Å²) in [4.78, 5) is 17.4. The Balaban J connectivity index is 1.80. The van der Waals surface area contributed by atoms with Crippen LogP contribution in [-0.4, -0.2) is 38.2 Å². The zero-order valence-electron chi connectivity index (χ0n) is 10.2. The Kier molecular flexibility index (Phi) is 3.03. The van der Waals surface area contributed by atoms with E-state index in [4.69, 9.17) is 4.52 Å². The second-order valence-corrected chi connectivity index (χ2v) is 5.21. The van der Waals surface area contributed by atoms with Gasteiger partial charge in [-0.15, -0.1) is 0 Å². The highest BCUT2D eigenvalue weighted by atomic mass is 16.5. The Labute approximate surface area is 105 Å². The highest BCUT2D eigenvalue weighted by Gasteiger charge is 2.45. The number of rotatable bonds is 3. The van der Waals surface area contributed by atoms with E-state index in [1.807, 2.05) is 4.90 Å². The number of hydrogen-bond acceptors (Lipinski definition) is 5. The van der Waals surface area contributed by atoms with Gasteiger partial charge in [-0.2, -0.15) is 4.98 Å². The third-order valence-electron chi connectivity index (χ3n) is 4.23. The molecule has 0 radical (unpaired) electrons. The summed E-state index contributed by atoms with van der Waals surface area (Å²) in [6, 6.07) is -0.0308. The summed E-state index contributed by atoms with van der Waals surface area (Å²) in [5, 5.41) is 12.9. The van der Waals surface area contributed by atoms with Crippen LogP contribution in [0.3, 0.4) is 0 Å². The third-order valence-corrected chi connectivity index (χ3v) is 4.23. The predicted octanol–water partition coefficient (Wildman–Crippen LogP) is 1.29. The lowest BCUT2D eigenvalue weighted by molar-refractivity contribution is -0.143. The minimum absolute atomic E-state index is 0.367. The number of nitrogens with zero attached hydrogens (tertiary/aromatic N) is 3. The van der Waals surface area contributed by atoms with Crippen LogP contribution >= 0.6 is 0 Å². The second-order valence-electron chi connectivity index (χ2n) is 5.21. The molecule has 2 heterocycles. The van der Waals surface area contributed by atoms with Crippen molar-refractivity contribution in [3.05, 3.63) is 12.2 Å². The van der Waals surface area contributed by atoms with Crippen LogP contribution in [-0.2, 0) is 11.3 Å². The van der Waals surface area contributed by atoms with Crippen molar-refractivity contribution in [3.63, 3.8) is 0 Å². The van der Waals surface area contributed by atoms with Crippen molar-refractivity contribution in [2.75, 3.05) is 0 Å². The minimum atomic E-state index is -0.732. The molecular formula is C12H17N3O3. The van der Waals surface area contributed by atoms with E-state index < -0.39 is 12.0 Å². The Morgan fingerprint density at radius 2 is 2.33 bits per heavy atom. The average Bonchev–Trinajstić information content (AvgIpc) is 2.98. The maximum absolute atomic E-state index is 11.4. The fourth-order valence-corrected chi connectivity index (χ4v) is 3.44. The SMILES string of the molecule is O=C(O)C1CC2CCCCC2N1Cc1ncno1. The lowest BCUT2D eigenvalue weighted by Gasteiger charge is -2.31. The molecule has 6 heteroatoms. The molecule has 2 aliphatic rings. The van der Waals surface area contributed by atoms with Gasteiger partial charge in [-0.1, -0.05) is 18.0 Å². The molecule has 0 spiro atoms. The molecule has 2 fully saturated rings. The molecule has 1 saturated carbocycles. The van der Waals surface area contributed by atoms with Gasteiger partial charge in [-0.25, -0.2) is 0 Å². The summed E-state index contributed by atoms with van der Waals surface area (Å²) in [6.07, 6.45) is 6.76. The van der Waals surface area contributed by atoms with Gasteiger partial charge in [0, 0.05) is 6.04 Å². The molecular weight excluding hydrogens is 234 g/mol. The molecule has 0 aromatic carbocycles. The average molecular weight is 251 g/mol. The van der Waals surface area contributed by atoms with Crippen LogP contribution in [0.5, 0.6) is 0 Å². The first-order valence-corrected chi connectivity index (χ1v) is 6.50. The lowest BCUT2D eigenvalue weighted by atomic mass is 9.85. The number of carboxylic acids is 1. The van der Waals surface area contributed by atoms with Crippen molar-refractivity contribution in [1.29, 1.82) is 0 Å². The standard InChI is InChI=1S/C12H17N3O3/c16-12(17)10-5-8-3-1-2-4-9(8)15(10)6-11-13-7-14-18-11/h7-10H,1-6H2,(H,16,17). The zero-order valence-corrected chi connectivity index (χ0v) is 10.2. The van der Waals surface area contributed by atoms with E-state index in [9.17, 15) is 9.90 Å². The Hall–Kier alpha value is -1.43. The van der Waals surface area contributed by atoms with Gasteiger partial charge in [-0.3, -0.25) is 9.69 Å². The molecule has 98 valence electrons. The van der Waals surface area contributed by atoms with E-state index in [-0.39, 0.29) is 0 Å². The van der Waals surface area contributed by atoms with Gasteiger partial charge in [-0.05, 0) is 25.2 Å². The van der Waals surface area contributed by atoms with Crippen molar-refractivity contribution in [3.8, 4) is 0 Å². The van der Waals surface area contributed by atoms with Gasteiger partial charge < -0.3 is 9.63 Å². The van der Waals surface area contributed by atoms with Gasteiger partial charge in [0.15, 0.2) is 6.33 Å². The molecule has 1 aliphatic heterocycles. The fourth-order valence-electron chi connectivity index (χ4n) is 3.44. The van der Waals surface area contributed by atoms with E-state index >= 15 is 0 Å². The lowest BCUT2D eigenvalue weighted by Crippen LogP contribution is -2.41. The monoisotopic (exact) mass is 251 g/mol. The van der Waals surface area contributed by atoms with Crippen molar-refractivity contribution in [2.45, 2.75) is 50.7 Å². The van der Waals surface area contributed by atoms with Crippen molar-refractivity contribution in [2.24, 2.45) is 5.92 Å². The fraction of sp³-hybridized carbons (Fsp3) is 0.750. The van der Waals surface area contributed by atoms with Gasteiger partial charge >= 0.3 is 5.97 Å². The molecule has 18 heavy (non-hydrogen) atoms. The summed E-state index contributed by atoms with van der Waals surface area (Å²) in [5.41, 5.74) is 0. The van der Waals surface area contributed by atoms with Crippen LogP contribution in [0.2, 0.25) is 0 Å². The molecule has 1 N–H and O–H groups in total. The van der Waals surface area contributed by atoms with E-state index in [1.165, 1.54) is 19.2 Å². The molecule has 1 aromatic rings. The van der Waals surface area contributed by atoms with Crippen LogP contribution < -0.4 is 0 Å². The van der Waals surface area contributed by atoms with Gasteiger partial charge in [0.05, 0.1) is 6.54 Å². The van der Waals surface area contributed by atoms with Crippen molar-refractivity contribution in [1.82, 2.24) is 15.0 Å². The number of fused-ring (bicyclic) bond motifs is 1. The van der Waals surface area contributed by atoms with Crippen molar-refractivity contribution < 1.29 is 14.4 Å². The molecule has 3 atom stereocenters. The third kappa shape index (κ3) is 2.01. The Morgan fingerprint density at radius 3 is 3.06 bits per heavy atom. The molecule has 0 amide bonds. The number of hydrogen-bond donors (Lipinski definition) is 1. The number of carbonyl (C=O) groups is 1. The summed E-state index contributed by atoms with van der Waals surface area (Å²) in [7, 11) is 0. The molecule has 1 aliphatic carbocycles. The summed E-state index contributed by atoms with van der Waals surface area (Å²) >= 11 is 0. The van der Waals surface area contributed by atoms with E-state index in [2.05, 4.69) is 10.1 Å². The smallest absolute Gasteiger partial charge is 0.320 e. The number of carboxylic acid groups (broad SMARTS) is 1. The largest absolute Gasteiger partial charge is 0.480 e. The number of likely N-dealkylation sites (tertiary alicyclic amines) is 1. The highest BCUT2D eigenvalue weighted by Crippen LogP contribution is 2.40. The van der Waals surface area contributed by atoms with Gasteiger partial charge in [0.25, 0.3) is 0 Å². The molecule has 0 bridgehead atoms. The molecule has 3 unspecified atom stereocenters. The maximum Gasteiger partial charge on any atom is 0.320 e. The number of aliphatic carboxylic acids is 1. The van der Waals surface area contributed by atoms with Crippen LogP contribution in [0.4, 0.5) is 0 Å². The molecule has 1 saturated heterocycles. The van der Waals surface area contributed by atoms with Gasteiger partial charge in [0.1, 0.15) is 6.04 Å². The predicted molar refractivity (Wildman–Crippen MR) is 61.6 cm³/mol. The Bertz CT molecular complexity index is 420. The maximum atomic E-state index is 11.4. The zero-order chi connectivity index (χ0) is 12.5. The van der Waals surface area contributed by atoms with Crippen LogP contribution in [0.25, 0.3) is 0 Å². The topological polar surface area (TPSA) is 79.5 Å². The minimum Gasteiger partial charge on any atom is -0.480 e. The second kappa shape index (κ2) is 4.68. The van der Waals surface area contributed by atoms with Gasteiger partial charge in [0.2, 0.25) is 5.89 Å². The summed E-state index contributed by atoms with van der Waals surface area (Å²) in [5.74, 6) is 0.291. The summed E-state index contributed by atoms with van der Waals surface area (Å²) < 4.78 is 5.01. The molecule has 6 nitrogen and oxygen atoms in total. The molecule has 3 rings (SSSR count). The quantitative estimate of drug-likeness (QED) is 0.872. The van der Waals surface area contributed by atoms with E-state index in [1.54, 1.807) is 0 Å². The summed E-state index contributed by atoms with van der Waals surface area (Å²) in [6.45, 7) is 0.456. The van der Waals surface area contributed by atoms with Crippen molar-refractivity contribution >= 4 is 5.97 Å². The van der Waals surface area contributed by atoms with E-state index in [0.717, 1.165) is 19.3 Å².